The second kappa shape index (κ2) is 7.09. The molecule has 0 unspecified atom stereocenters. The molecule has 3 rings (SSSR count). The van der Waals surface area contributed by atoms with Crippen LogP contribution in [-0.4, -0.2) is 36.7 Å². The lowest BCUT2D eigenvalue weighted by Gasteiger charge is -2.06. The van der Waals surface area contributed by atoms with Crippen molar-refractivity contribution in [2.24, 2.45) is 5.73 Å². The minimum atomic E-state index is -0.887. The van der Waals surface area contributed by atoms with Gasteiger partial charge in [-0.05, 0) is 24.3 Å². The van der Waals surface area contributed by atoms with Gasteiger partial charge in [0.2, 0.25) is 0 Å². The maximum atomic E-state index is 14.2. The van der Waals surface area contributed by atoms with Gasteiger partial charge in [-0.2, -0.15) is 0 Å². The minimum absolute atomic E-state index is 0.00281. The summed E-state index contributed by atoms with van der Waals surface area (Å²) in [6.07, 6.45) is 3.51. The highest BCUT2D eigenvalue weighted by Gasteiger charge is 2.10. The van der Waals surface area contributed by atoms with Gasteiger partial charge >= 0.3 is 5.97 Å². The largest absolute Gasteiger partial charge is 0.481 e. The SMILES string of the molecule is N=C(N)c1ccc(-c2ccc(-n3cnc(CCC(=O)O)c3)nn2)c(F)c1. The van der Waals surface area contributed by atoms with E-state index < -0.39 is 11.8 Å². The van der Waals surface area contributed by atoms with Gasteiger partial charge in [0, 0.05) is 23.7 Å². The Morgan fingerprint density at radius 2 is 2.08 bits per heavy atom. The number of nitrogens with one attached hydrogen (secondary N) is 1. The number of benzene rings is 1. The average Bonchev–Trinajstić information content (AvgIpc) is 3.09. The average molecular weight is 354 g/mol. The van der Waals surface area contributed by atoms with Crippen LogP contribution in [-0.2, 0) is 11.2 Å². The zero-order valence-corrected chi connectivity index (χ0v) is 13.6. The van der Waals surface area contributed by atoms with Crippen LogP contribution in [0.1, 0.15) is 17.7 Å². The Morgan fingerprint density at radius 1 is 1.27 bits per heavy atom. The van der Waals surface area contributed by atoms with Gasteiger partial charge < -0.3 is 10.8 Å². The minimum Gasteiger partial charge on any atom is -0.481 e. The lowest BCUT2D eigenvalue weighted by molar-refractivity contribution is -0.136. The summed E-state index contributed by atoms with van der Waals surface area (Å²) < 4.78 is 15.8. The molecule has 0 aliphatic heterocycles. The third-order valence-corrected chi connectivity index (χ3v) is 3.70. The Morgan fingerprint density at radius 3 is 2.69 bits per heavy atom. The number of amidine groups is 1. The van der Waals surface area contributed by atoms with Crippen molar-refractivity contribution < 1.29 is 14.3 Å². The van der Waals surface area contributed by atoms with E-state index in [1.165, 1.54) is 18.5 Å². The zero-order valence-electron chi connectivity index (χ0n) is 13.6. The number of rotatable bonds is 6. The summed E-state index contributed by atoms with van der Waals surface area (Å²) in [5.74, 6) is -1.17. The Labute approximate surface area is 147 Å². The van der Waals surface area contributed by atoms with Gasteiger partial charge in [0.05, 0.1) is 17.8 Å². The van der Waals surface area contributed by atoms with Gasteiger partial charge in [0.15, 0.2) is 5.82 Å². The molecule has 26 heavy (non-hydrogen) atoms. The number of carbonyl (C=O) groups is 1. The van der Waals surface area contributed by atoms with Gasteiger partial charge in [-0.25, -0.2) is 9.37 Å². The number of aliphatic carboxylic acids is 1. The van der Waals surface area contributed by atoms with Crippen molar-refractivity contribution in [2.75, 3.05) is 0 Å². The number of nitrogen functional groups attached to an aromatic ring is 1. The van der Waals surface area contributed by atoms with Gasteiger partial charge in [-0.1, -0.05) is 6.07 Å². The quantitative estimate of drug-likeness (QED) is 0.457. The number of aryl methyl sites for hydroxylation is 1. The zero-order chi connectivity index (χ0) is 18.7. The Kier molecular flexibility index (Phi) is 4.70. The fraction of sp³-hybridized carbons (Fsp3) is 0.118. The predicted octanol–water partition coefficient (Wildman–Crippen LogP) is 1.77. The molecule has 0 aliphatic rings. The monoisotopic (exact) mass is 354 g/mol. The summed E-state index contributed by atoms with van der Waals surface area (Å²) in [5.41, 5.74) is 6.86. The van der Waals surface area contributed by atoms with Crippen LogP contribution < -0.4 is 5.73 Å². The number of hydrogen-bond acceptors (Lipinski definition) is 5. The first-order valence-corrected chi connectivity index (χ1v) is 7.67. The highest BCUT2D eigenvalue weighted by Crippen LogP contribution is 2.22. The van der Waals surface area contributed by atoms with Crippen molar-refractivity contribution in [3.8, 4) is 17.1 Å². The highest BCUT2D eigenvalue weighted by molar-refractivity contribution is 5.95. The van der Waals surface area contributed by atoms with E-state index in [-0.39, 0.29) is 17.8 Å². The molecular formula is C17H15FN6O2. The van der Waals surface area contributed by atoms with Crippen molar-refractivity contribution in [1.82, 2.24) is 19.7 Å². The van der Waals surface area contributed by atoms with Crippen LogP contribution >= 0.6 is 0 Å². The van der Waals surface area contributed by atoms with Gasteiger partial charge in [-0.15, -0.1) is 10.2 Å². The number of imidazole rings is 1. The molecule has 3 aromatic rings. The molecule has 9 heteroatoms. The standard InChI is InChI=1S/C17H15FN6O2/c18-13-7-10(17(19)20)1-3-12(13)14-4-5-15(23-22-14)24-8-11(21-9-24)2-6-16(25)26/h1,3-5,7-9H,2,6H2,(H3,19,20)(H,25,26). The normalized spacial score (nSPS) is 10.7. The Bertz CT molecular complexity index is 968. The summed E-state index contributed by atoms with van der Waals surface area (Å²) in [4.78, 5) is 14.7. The molecule has 132 valence electrons. The van der Waals surface area contributed by atoms with E-state index in [1.807, 2.05) is 0 Å². The van der Waals surface area contributed by atoms with E-state index in [9.17, 15) is 9.18 Å². The summed E-state index contributed by atoms with van der Waals surface area (Å²) in [7, 11) is 0. The molecule has 0 fully saturated rings. The third-order valence-electron chi connectivity index (χ3n) is 3.70. The van der Waals surface area contributed by atoms with E-state index in [0.717, 1.165) is 0 Å². The fourth-order valence-electron chi connectivity index (χ4n) is 2.35. The molecule has 8 nitrogen and oxygen atoms in total. The van der Waals surface area contributed by atoms with E-state index >= 15 is 0 Å². The summed E-state index contributed by atoms with van der Waals surface area (Å²) in [6, 6.07) is 7.49. The topological polar surface area (TPSA) is 131 Å². The van der Waals surface area contributed by atoms with Gasteiger partial charge in [-0.3, -0.25) is 14.8 Å². The van der Waals surface area contributed by atoms with Crippen molar-refractivity contribution in [1.29, 1.82) is 5.41 Å². The first-order chi connectivity index (χ1) is 12.4. The Balaban J connectivity index is 1.81. The maximum Gasteiger partial charge on any atom is 0.303 e. The molecule has 0 aliphatic carbocycles. The molecular weight excluding hydrogens is 339 g/mol. The van der Waals surface area contributed by atoms with Crippen LogP contribution in [0.5, 0.6) is 0 Å². The fourth-order valence-corrected chi connectivity index (χ4v) is 2.35. The molecule has 0 radical (unpaired) electrons. The molecule has 0 atom stereocenters. The molecule has 2 heterocycles. The molecule has 0 amide bonds. The second-order valence-electron chi connectivity index (χ2n) is 5.55. The predicted molar refractivity (Wildman–Crippen MR) is 91.5 cm³/mol. The summed E-state index contributed by atoms with van der Waals surface area (Å²) in [5, 5.41) is 24.1. The lowest BCUT2D eigenvalue weighted by atomic mass is 10.1. The summed E-state index contributed by atoms with van der Waals surface area (Å²) >= 11 is 0. The van der Waals surface area contributed by atoms with E-state index in [2.05, 4.69) is 15.2 Å². The van der Waals surface area contributed by atoms with Crippen molar-refractivity contribution in [2.45, 2.75) is 12.8 Å². The van der Waals surface area contributed by atoms with E-state index in [1.54, 1.807) is 29.0 Å². The van der Waals surface area contributed by atoms with E-state index in [0.29, 0.717) is 29.2 Å². The molecule has 0 saturated heterocycles. The van der Waals surface area contributed by atoms with Crippen molar-refractivity contribution >= 4 is 11.8 Å². The molecule has 0 spiro atoms. The molecule has 1 aromatic carbocycles. The molecule has 0 bridgehead atoms. The van der Waals surface area contributed by atoms with Crippen LogP contribution in [0, 0.1) is 11.2 Å². The van der Waals surface area contributed by atoms with Crippen LogP contribution in [0.25, 0.3) is 17.1 Å². The Hall–Kier alpha value is -3.62. The van der Waals surface area contributed by atoms with Crippen LogP contribution in [0.15, 0.2) is 42.9 Å². The van der Waals surface area contributed by atoms with Crippen LogP contribution in [0.4, 0.5) is 4.39 Å². The second-order valence-corrected chi connectivity index (χ2v) is 5.55. The first kappa shape index (κ1) is 17.2. The lowest BCUT2D eigenvalue weighted by Crippen LogP contribution is -2.11. The van der Waals surface area contributed by atoms with Crippen molar-refractivity contribution in [3.05, 3.63) is 59.9 Å². The molecule has 4 N–H and O–H groups in total. The maximum absolute atomic E-state index is 14.2. The number of halogens is 1. The number of aromatic nitrogens is 4. The van der Waals surface area contributed by atoms with Gasteiger partial charge in [0.25, 0.3) is 0 Å². The third kappa shape index (κ3) is 3.72. The van der Waals surface area contributed by atoms with Crippen LogP contribution in [0.3, 0.4) is 0 Å². The first-order valence-electron chi connectivity index (χ1n) is 7.67. The highest BCUT2D eigenvalue weighted by atomic mass is 19.1. The number of carboxylic acids is 1. The van der Waals surface area contributed by atoms with Gasteiger partial charge in [0.1, 0.15) is 18.0 Å². The van der Waals surface area contributed by atoms with Crippen LogP contribution in [0.2, 0.25) is 0 Å². The smallest absolute Gasteiger partial charge is 0.303 e. The number of nitrogens with zero attached hydrogens (tertiary/aromatic N) is 4. The molecule has 0 saturated carbocycles. The van der Waals surface area contributed by atoms with Crippen molar-refractivity contribution in [3.63, 3.8) is 0 Å². The number of nitrogens with two attached hydrogens (primary N) is 1. The number of hydrogen-bond donors (Lipinski definition) is 3. The van der Waals surface area contributed by atoms with E-state index in [4.69, 9.17) is 16.2 Å². The molecule has 2 aromatic heterocycles. The number of carboxylic acid groups (broad SMARTS) is 1. The summed E-state index contributed by atoms with van der Waals surface area (Å²) in [6.45, 7) is 0.